The molecule has 150 valence electrons. The zero-order valence-corrected chi connectivity index (χ0v) is 16.6. The van der Waals surface area contributed by atoms with E-state index in [2.05, 4.69) is 5.32 Å². The Hall–Kier alpha value is -2.28. The van der Waals surface area contributed by atoms with Gasteiger partial charge in [0.05, 0.1) is 19.3 Å². The van der Waals surface area contributed by atoms with E-state index in [1.165, 1.54) is 0 Å². The van der Waals surface area contributed by atoms with Crippen molar-refractivity contribution in [1.82, 2.24) is 5.32 Å². The van der Waals surface area contributed by atoms with Crippen LogP contribution in [0.2, 0.25) is 0 Å². The maximum atomic E-state index is 12.8. The fourth-order valence-corrected chi connectivity index (χ4v) is 3.50. The van der Waals surface area contributed by atoms with E-state index in [1.807, 2.05) is 20.8 Å². The van der Waals surface area contributed by atoms with Crippen LogP contribution in [0.4, 0.5) is 0 Å². The number of carbonyl (C=O) groups excluding carboxylic acids is 1. The summed E-state index contributed by atoms with van der Waals surface area (Å²) in [5.41, 5.74) is -1.80. The molecule has 2 rings (SSSR count). The number of hydrogen-bond donors (Lipinski definition) is 2. The monoisotopic (exact) mass is 379 g/mol. The fraction of sp³-hybridized carbons (Fsp3) is 0.600. The molecule has 1 aliphatic carbocycles. The predicted molar refractivity (Wildman–Crippen MR) is 100 cm³/mol. The summed E-state index contributed by atoms with van der Waals surface area (Å²) in [6, 6.07) is 4.83. The van der Waals surface area contributed by atoms with Crippen LogP contribution in [0.15, 0.2) is 18.2 Å². The Kier molecular flexibility index (Phi) is 6.36. The fourth-order valence-electron chi connectivity index (χ4n) is 3.50. The summed E-state index contributed by atoms with van der Waals surface area (Å²) >= 11 is 0. The lowest BCUT2D eigenvalue weighted by Gasteiger charge is -2.58. The van der Waals surface area contributed by atoms with Crippen molar-refractivity contribution in [3.8, 4) is 11.5 Å². The third kappa shape index (κ3) is 3.74. The van der Waals surface area contributed by atoms with E-state index >= 15 is 0 Å². The molecule has 7 heteroatoms. The average molecular weight is 379 g/mol. The van der Waals surface area contributed by atoms with Crippen molar-refractivity contribution in [2.75, 3.05) is 19.8 Å². The lowest BCUT2D eigenvalue weighted by molar-refractivity contribution is -0.190. The molecule has 1 fully saturated rings. The smallest absolute Gasteiger partial charge is 0.330 e. The zero-order valence-electron chi connectivity index (χ0n) is 16.6. The number of carboxylic acids is 1. The number of ether oxygens (including phenoxy) is 3. The second-order valence-corrected chi connectivity index (χ2v) is 7.06. The Morgan fingerprint density at radius 3 is 2.26 bits per heavy atom. The van der Waals surface area contributed by atoms with Gasteiger partial charge in [-0.25, -0.2) is 4.79 Å². The van der Waals surface area contributed by atoms with Crippen LogP contribution in [-0.4, -0.2) is 48.4 Å². The lowest BCUT2D eigenvalue weighted by atomic mass is 9.54. The standard InChI is InChI=1S/C20H29NO6/c1-6-25-14-10-9-13(11-15(14)26-7-2)17(22)21-20(18(23)24)12-16(27-8-3)19(20,4)5/h9-11,16H,6-8,12H2,1-5H3,(H,21,22)(H,23,24). The number of aliphatic carboxylic acids is 1. The highest BCUT2D eigenvalue weighted by Gasteiger charge is 2.66. The minimum absolute atomic E-state index is 0.224. The van der Waals surface area contributed by atoms with Gasteiger partial charge < -0.3 is 24.6 Å². The van der Waals surface area contributed by atoms with Crippen LogP contribution in [0.25, 0.3) is 0 Å². The van der Waals surface area contributed by atoms with Crippen molar-refractivity contribution in [3.63, 3.8) is 0 Å². The van der Waals surface area contributed by atoms with E-state index in [-0.39, 0.29) is 12.5 Å². The number of nitrogens with one attached hydrogen (secondary N) is 1. The van der Waals surface area contributed by atoms with E-state index in [0.717, 1.165) is 0 Å². The van der Waals surface area contributed by atoms with E-state index < -0.39 is 22.8 Å². The third-order valence-corrected chi connectivity index (χ3v) is 5.26. The SMILES string of the molecule is CCOc1ccc(C(=O)NC2(C(=O)O)CC(OCC)C2(C)C)cc1OCC. The van der Waals surface area contributed by atoms with E-state index in [1.54, 1.807) is 32.0 Å². The van der Waals surface area contributed by atoms with Gasteiger partial charge in [0.1, 0.15) is 5.54 Å². The van der Waals surface area contributed by atoms with Crippen molar-refractivity contribution < 1.29 is 28.9 Å². The number of carbonyl (C=O) groups is 2. The molecule has 0 heterocycles. The van der Waals surface area contributed by atoms with Gasteiger partial charge in [-0.1, -0.05) is 13.8 Å². The number of carboxylic acid groups (broad SMARTS) is 1. The maximum absolute atomic E-state index is 12.8. The molecular formula is C20H29NO6. The Bertz CT molecular complexity index is 702. The predicted octanol–water partition coefficient (Wildman–Crippen LogP) is 2.87. The first-order valence-electron chi connectivity index (χ1n) is 9.30. The topological polar surface area (TPSA) is 94.1 Å². The third-order valence-electron chi connectivity index (χ3n) is 5.26. The van der Waals surface area contributed by atoms with Crippen molar-refractivity contribution in [3.05, 3.63) is 23.8 Å². The van der Waals surface area contributed by atoms with Crippen LogP contribution in [0.3, 0.4) is 0 Å². The normalized spacial score (nSPS) is 23.2. The number of benzene rings is 1. The molecule has 0 radical (unpaired) electrons. The van der Waals surface area contributed by atoms with Crippen LogP contribution < -0.4 is 14.8 Å². The summed E-state index contributed by atoms with van der Waals surface area (Å²) in [5.74, 6) is -0.530. The van der Waals surface area contributed by atoms with Crippen LogP contribution in [-0.2, 0) is 9.53 Å². The number of hydrogen-bond acceptors (Lipinski definition) is 5. The molecule has 27 heavy (non-hydrogen) atoms. The molecule has 0 aromatic heterocycles. The van der Waals surface area contributed by atoms with Crippen LogP contribution in [0.1, 0.15) is 51.4 Å². The molecule has 1 aromatic carbocycles. The summed E-state index contributed by atoms with van der Waals surface area (Å²) in [7, 11) is 0. The average Bonchev–Trinajstić information content (AvgIpc) is 2.62. The summed E-state index contributed by atoms with van der Waals surface area (Å²) in [6.07, 6.45) is 0.00257. The lowest BCUT2D eigenvalue weighted by Crippen LogP contribution is -2.76. The first-order valence-corrected chi connectivity index (χ1v) is 9.30. The highest BCUT2D eigenvalue weighted by molar-refractivity contribution is 5.99. The summed E-state index contributed by atoms with van der Waals surface area (Å²) in [5, 5.41) is 12.6. The summed E-state index contributed by atoms with van der Waals surface area (Å²) in [6.45, 7) is 10.6. The molecule has 2 atom stereocenters. The van der Waals surface area contributed by atoms with E-state index in [4.69, 9.17) is 14.2 Å². The largest absolute Gasteiger partial charge is 0.490 e. The van der Waals surface area contributed by atoms with Crippen LogP contribution in [0.5, 0.6) is 11.5 Å². The van der Waals surface area contributed by atoms with Crippen molar-refractivity contribution >= 4 is 11.9 Å². The second-order valence-electron chi connectivity index (χ2n) is 7.06. The molecule has 2 N–H and O–H groups in total. The molecule has 0 bridgehead atoms. The van der Waals surface area contributed by atoms with Gasteiger partial charge in [-0.3, -0.25) is 4.79 Å². The van der Waals surface area contributed by atoms with Gasteiger partial charge in [0.2, 0.25) is 0 Å². The quantitative estimate of drug-likeness (QED) is 0.685. The molecule has 2 unspecified atom stereocenters. The van der Waals surface area contributed by atoms with Gasteiger partial charge in [-0.15, -0.1) is 0 Å². The number of amides is 1. The number of rotatable bonds is 9. The maximum Gasteiger partial charge on any atom is 0.330 e. The van der Waals surface area contributed by atoms with Gasteiger partial charge in [-0.2, -0.15) is 0 Å². The highest BCUT2D eigenvalue weighted by atomic mass is 16.5. The molecular weight excluding hydrogens is 350 g/mol. The zero-order chi connectivity index (χ0) is 20.2. The van der Waals surface area contributed by atoms with E-state index in [0.29, 0.717) is 36.9 Å². The molecule has 7 nitrogen and oxygen atoms in total. The Morgan fingerprint density at radius 2 is 1.74 bits per heavy atom. The minimum atomic E-state index is -1.38. The first-order chi connectivity index (χ1) is 12.7. The van der Waals surface area contributed by atoms with Gasteiger partial charge in [0.25, 0.3) is 5.91 Å². The molecule has 1 amide bonds. The Balaban J connectivity index is 2.27. The van der Waals surface area contributed by atoms with Gasteiger partial charge in [-0.05, 0) is 39.0 Å². The molecule has 0 aliphatic heterocycles. The van der Waals surface area contributed by atoms with Crippen molar-refractivity contribution in [2.24, 2.45) is 5.41 Å². The summed E-state index contributed by atoms with van der Waals surface area (Å²) in [4.78, 5) is 24.9. The summed E-state index contributed by atoms with van der Waals surface area (Å²) < 4.78 is 16.7. The molecule has 0 saturated heterocycles. The first kappa shape index (κ1) is 21.0. The molecule has 0 spiro atoms. The molecule has 1 aliphatic rings. The van der Waals surface area contributed by atoms with Gasteiger partial charge in [0, 0.05) is 24.0 Å². The Labute approximate surface area is 160 Å². The van der Waals surface area contributed by atoms with Crippen molar-refractivity contribution in [2.45, 2.75) is 52.7 Å². The van der Waals surface area contributed by atoms with Crippen LogP contribution in [0, 0.1) is 5.41 Å². The van der Waals surface area contributed by atoms with Gasteiger partial charge >= 0.3 is 5.97 Å². The second kappa shape index (κ2) is 8.17. The molecule has 1 aromatic rings. The van der Waals surface area contributed by atoms with Gasteiger partial charge in [0.15, 0.2) is 11.5 Å². The minimum Gasteiger partial charge on any atom is -0.490 e. The van der Waals surface area contributed by atoms with E-state index in [9.17, 15) is 14.7 Å². The Morgan fingerprint density at radius 1 is 1.11 bits per heavy atom. The van der Waals surface area contributed by atoms with Crippen LogP contribution >= 0.6 is 0 Å². The molecule has 1 saturated carbocycles. The highest BCUT2D eigenvalue weighted by Crippen LogP contribution is 2.51. The van der Waals surface area contributed by atoms with Crippen molar-refractivity contribution in [1.29, 1.82) is 0 Å².